The largest absolute Gasteiger partial charge is 0.486 e. The summed E-state index contributed by atoms with van der Waals surface area (Å²) in [7, 11) is -3.95. The monoisotopic (exact) mass is 546 g/mol. The van der Waals surface area contributed by atoms with Gasteiger partial charge in [0.1, 0.15) is 11.4 Å². The minimum atomic E-state index is -4.48. The molecule has 0 saturated heterocycles. The van der Waals surface area contributed by atoms with Crippen LogP contribution in [0.15, 0.2) is 58.3 Å². The van der Waals surface area contributed by atoms with Crippen molar-refractivity contribution in [2.75, 3.05) is 0 Å². The Balaban J connectivity index is 1.68. The molecule has 1 aliphatic heterocycles. The molecule has 3 aliphatic rings. The Morgan fingerprint density at radius 2 is 1.50 bits per heavy atom. The highest BCUT2D eigenvalue weighted by Crippen LogP contribution is 2.66. The van der Waals surface area contributed by atoms with Gasteiger partial charge in [0.05, 0.1) is 15.4 Å². The van der Waals surface area contributed by atoms with Crippen LogP contribution in [0.2, 0.25) is 0 Å². The van der Waals surface area contributed by atoms with E-state index in [9.17, 15) is 21.6 Å². The molecule has 0 N–H and O–H groups in total. The zero-order chi connectivity index (χ0) is 27.7. The minimum absolute atomic E-state index is 0.0262. The number of halogens is 3. The van der Waals surface area contributed by atoms with Crippen LogP contribution in [0.4, 0.5) is 13.2 Å². The summed E-state index contributed by atoms with van der Waals surface area (Å²) in [5.41, 5.74) is -0.0265. The first kappa shape index (κ1) is 27.3. The fourth-order valence-electron chi connectivity index (χ4n) is 7.87. The average Bonchev–Trinajstić information content (AvgIpc) is 2.82. The van der Waals surface area contributed by atoms with E-state index in [-0.39, 0.29) is 32.3 Å². The molecule has 2 fully saturated rings. The van der Waals surface area contributed by atoms with Gasteiger partial charge >= 0.3 is 6.18 Å². The lowest BCUT2D eigenvalue weighted by atomic mass is 9.45. The number of rotatable bonds is 3. The highest BCUT2D eigenvalue weighted by atomic mass is 32.2. The molecule has 2 saturated carbocycles. The van der Waals surface area contributed by atoms with Crippen LogP contribution in [-0.2, 0) is 20.8 Å². The van der Waals surface area contributed by atoms with Crippen molar-refractivity contribution >= 4 is 15.6 Å². The molecule has 1 heterocycles. The van der Waals surface area contributed by atoms with E-state index in [4.69, 9.17) is 4.74 Å². The fraction of sp³-hybridized carbons (Fsp3) is 0.548. The third-order valence-corrected chi connectivity index (χ3v) is 11.7. The molecule has 0 radical (unpaired) electrons. The van der Waals surface area contributed by atoms with Crippen molar-refractivity contribution in [3.63, 3.8) is 0 Å². The van der Waals surface area contributed by atoms with Crippen molar-refractivity contribution in [2.24, 2.45) is 22.7 Å². The van der Waals surface area contributed by atoms with Gasteiger partial charge < -0.3 is 4.74 Å². The van der Waals surface area contributed by atoms with Crippen molar-refractivity contribution in [2.45, 2.75) is 89.8 Å². The summed E-state index contributed by atoms with van der Waals surface area (Å²) < 4.78 is 74.9. The van der Waals surface area contributed by atoms with Crippen molar-refractivity contribution in [1.29, 1.82) is 0 Å². The number of fused-ring (bicyclic) bond motifs is 3. The summed E-state index contributed by atoms with van der Waals surface area (Å²) in [6, 6.07) is 11.4. The Bertz CT molecular complexity index is 1360. The van der Waals surface area contributed by atoms with E-state index in [1.54, 1.807) is 24.3 Å². The van der Waals surface area contributed by atoms with Crippen LogP contribution in [0.5, 0.6) is 0 Å². The minimum Gasteiger partial charge on any atom is -0.486 e. The van der Waals surface area contributed by atoms with Crippen LogP contribution in [0.25, 0.3) is 5.76 Å². The third kappa shape index (κ3) is 4.39. The molecular weight excluding hydrogens is 509 g/mol. The van der Waals surface area contributed by atoms with Gasteiger partial charge in [-0.05, 0) is 87.0 Å². The zero-order valence-corrected chi connectivity index (χ0v) is 23.6. The van der Waals surface area contributed by atoms with Gasteiger partial charge in [0.15, 0.2) is 0 Å². The van der Waals surface area contributed by atoms with E-state index in [0.717, 1.165) is 49.8 Å². The molecule has 5 rings (SSSR count). The molecule has 38 heavy (non-hydrogen) atoms. The van der Waals surface area contributed by atoms with Crippen LogP contribution in [0.1, 0.15) is 82.9 Å². The predicted molar refractivity (Wildman–Crippen MR) is 143 cm³/mol. The van der Waals surface area contributed by atoms with Crippen LogP contribution in [0, 0.1) is 29.6 Å². The Hall–Kier alpha value is -2.28. The lowest BCUT2D eigenvalue weighted by molar-refractivity contribution is -0.169. The first-order valence-corrected chi connectivity index (χ1v) is 15.0. The van der Waals surface area contributed by atoms with E-state index in [2.05, 4.69) is 27.7 Å². The Kier molecular flexibility index (Phi) is 6.37. The zero-order valence-electron chi connectivity index (χ0n) is 22.8. The maximum absolute atomic E-state index is 14.2. The van der Waals surface area contributed by atoms with Gasteiger partial charge in [0, 0.05) is 11.5 Å². The summed E-state index contributed by atoms with van der Waals surface area (Å²) in [4.78, 5) is 0.352. The number of aryl methyl sites for hydroxylation is 1. The standard InChI is InChI=1S/C31H37F3O3S/c1-20-7-13-23(14-8-20)38(35,36)24-19-26-29(4)17-6-16-28(2,3)25(29)15-18-30(26,5)37-27(24)21-9-11-22(12-10-21)31(32,33)34/h7-14,25-26H,6,15-19H2,1-5H3/t25-,26+,29-,30+/m1/s1. The van der Waals surface area contributed by atoms with Gasteiger partial charge in [-0.25, -0.2) is 8.42 Å². The van der Waals surface area contributed by atoms with Crippen molar-refractivity contribution in [3.05, 3.63) is 70.1 Å². The molecule has 4 atom stereocenters. The van der Waals surface area contributed by atoms with Crippen molar-refractivity contribution in [1.82, 2.24) is 0 Å². The number of ether oxygens (including phenoxy) is 1. The SMILES string of the molecule is Cc1ccc(S(=O)(=O)C2=C(c3ccc(C(F)(F)F)cc3)O[C@@]3(C)CC[C@@H]4C(C)(C)CCC[C@@]4(C)[C@@H]3C2)cc1. The number of benzene rings is 2. The van der Waals surface area contributed by atoms with Crippen LogP contribution >= 0.6 is 0 Å². The molecule has 2 aliphatic carbocycles. The number of sulfone groups is 1. The molecule has 7 heteroatoms. The molecule has 2 aromatic carbocycles. The normalized spacial score (nSPS) is 31.3. The average molecular weight is 547 g/mol. The fourth-order valence-corrected chi connectivity index (χ4v) is 9.44. The smallest absolute Gasteiger partial charge is 0.416 e. The Labute approximate surface area is 224 Å². The maximum atomic E-state index is 14.2. The number of alkyl halides is 3. The molecule has 2 aromatic rings. The van der Waals surface area contributed by atoms with Gasteiger partial charge in [-0.3, -0.25) is 0 Å². The summed E-state index contributed by atoms with van der Waals surface area (Å²) in [5.74, 6) is 0.610. The highest BCUT2D eigenvalue weighted by molar-refractivity contribution is 7.95. The van der Waals surface area contributed by atoms with Crippen LogP contribution < -0.4 is 0 Å². The molecule has 3 nitrogen and oxygen atoms in total. The lowest BCUT2D eigenvalue weighted by Gasteiger charge is -2.63. The van der Waals surface area contributed by atoms with Crippen molar-refractivity contribution < 1.29 is 26.3 Å². The van der Waals surface area contributed by atoms with Gasteiger partial charge in [0.25, 0.3) is 0 Å². The highest BCUT2D eigenvalue weighted by Gasteiger charge is 2.61. The molecule has 0 amide bonds. The van der Waals surface area contributed by atoms with Crippen LogP contribution in [0.3, 0.4) is 0 Å². The van der Waals surface area contributed by atoms with E-state index < -0.39 is 27.2 Å². The number of allylic oxidation sites excluding steroid dienone is 1. The second kappa shape index (κ2) is 8.87. The number of hydrogen-bond donors (Lipinski definition) is 0. The summed E-state index contributed by atoms with van der Waals surface area (Å²) in [6.45, 7) is 10.9. The van der Waals surface area contributed by atoms with Gasteiger partial charge in [-0.15, -0.1) is 0 Å². The van der Waals surface area contributed by atoms with Gasteiger partial charge in [-0.1, -0.05) is 57.0 Å². The lowest BCUT2D eigenvalue weighted by Crippen LogP contribution is -2.59. The molecule has 206 valence electrons. The number of hydrogen-bond acceptors (Lipinski definition) is 3. The predicted octanol–water partition coefficient (Wildman–Crippen LogP) is 8.58. The van der Waals surface area contributed by atoms with Crippen LogP contribution in [-0.4, -0.2) is 14.0 Å². The second-order valence-electron chi connectivity index (χ2n) is 12.8. The Morgan fingerprint density at radius 3 is 2.11 bits per heavy atom. The summed E-state index contributed by atoms with van der Waals surface area (Å²) >= 11 is 0. The second-order valence-corrected chi connectivity index (χ2v) is 14.7. The summed E-state index contributed by atoms with van der Waals surface area (Å²) in [6.07, 6.45) is 0.848. The topological polar surface area (TPSA) is 43.4 Å². The molecule has 0 aromatic heterocycles. The van der Waals surface area contributed by atoms with Gasteiger partial charge in [0.2, 0.25) is 9.84 Å². The molecule has 0 unspecified atom stereocenters. The first-order chi connectivity index (χ1) is 17.6. The maximum Gasteiger partial charge on any atom is 0.416 e. The molecular formula is C31H37F3O3S. The first-order valence-electron chi connectivity index (χ1n) is 13.5. The Morgan fingerprint density at radius 1 is 0.868 bits per heavy atom. The van der Waals surface area contributed by atoms with E-state index in [1.165, 1.54) is 12.1 Å². The third-order valence-electron chi connectivity index (χ3n) is 9.85. The van der Waals surface area contributed by atoms with E-state index in [1.807, 2.05) is 6.92 Å². The van der Waals surface area contributed by atoms with Gasteiger partial charge in [-0.2, -0.15) is 13.2 Å². The molecule has 0 bridgehead atoms. The van der Waals surface area contributed by atoms with E-state index >= 15 is 0 Å². The quantitative estimate of drug-likeness (QED) is 0.387. The van der Waals surface area contributed by atoms with E-state index in [0.29, 0.717) is 17.9 Å². The molecule has 0 spiro atoms. The summed E-state index contributed by atoms with van der Waals surface area (Å²) in [5, 5.41) is 0. The van der Waals surface area contributed by atoms with Crippen molar-refractivity contribution in [3.8, 4) is 0 Å².